The highest BCUT2D eigenvalue weighted by atomic mass is 16.6. The quantitative estimate of drug-likeness (QED) is 0.655. The van der Waals surface area contributed by atoms with Crippen molar-refractivity contribution >= 4 is 17.3 Å². The molecule has 2 heterocycles. The second kappa shape index (κ2) is 6.27. The average Bonchev–Trinajstić information content (AvgIpc) is 3.32. The summed E-state index contributed by atoms with van der Waals surface area (Å²) in [6.45, 7) is 2.80. The van der Waals surface area contributed by atoms with Crippen LogP contribution in [-0.4, -0.2) is 55.4 Å². The Bertz CT molecular complexity index is 698. The molecule has 2 saturated heterocycles. The van der Waals surface area contributed by atoms with E-state index in [0.29, 0.717) is 44.2 Å². The molecule has 3 aliphatic rings. The molecule has 1 aromatic carbocycles. The van der Waals surface area contributed by atoms with Crippen LogP contribution in [0, 0.1) is 10.1 Å². The fraction of sp³-hybridized carbons (Fsp3) is 0.588. The van der Waals surface area contributed by atoms with Crippen molar-refractivity contribution in [2.24, 2.45) is 0 Å². The minimum absolute atomic E-state index is 0.0422. The standard InChI is InChI=1S/C17H21N3O5/c21-16(18-13-2-3-13)12-1-4-14(15(9-12)20(22)23)19-6-8-25-17(10-19)5-7-24-11-17/h1,4,9,13H,2-3,5-8,10-11H2,(H,18,21). The molecule has 8 heteroatoms. The molecule has 1 unspecified atom stereocenters. The van der Waals surface area contributed by atoms with Gasteiger partial charge in [0, 0.05) is 43.8 Å². The molecule has 0 bridgehead atoms. The van der Waals surface area contributed by atoms with Gasteiger partial charge in [-0.1, -0.05) is 0 Å². The number of hydrogen-bond donors (Lipinski definition) is 1. The van der Waals surface area contributed by atoms with E-state index in [9.17, 15) is 14.9 Å². The Balaban J connectivity index is 1.59. The predicted octanol–water partition coefficient (Wildman–Crippen LogP) is 1.48. The fourth-order valence-corrected chi connectivity index (χ4v) is 3.45. The lowest BCUT2D eigenvalue weighted by Gasteiger charge is -2.40. The molecule has 1 saturated carbocycles. The first-order valence-corrected chi connectivity index (χ1v) is 8.62. The Morgan fingerprint density at radius 2 is 2.20 bits per heavy atom. The van der Waals surface area contributed by atoms with E-state index in [-0.39, 0.29) is 23.2 Å². The third kappa shape index (κ3) is 3.32. The summed E-state index contributed by atoms with van der Waals surface area (Å²) >= 11 is 0. The summed E-state index contributed by atoms with van der Waals surface area (Å²) in [4.78, 5) is 25.3. The van der Waals surface area contributed by atoms with Crippen LogP contribution in [0.2, 0.25) is 0 Å². The minimum Gasteiger partial charge on any atom is -0.378 e. The van der Waals surface area contributed by atoms with Gasteiger partial charge in [0.05, 0.1) is 18.1 Å². The van der Waals surface area contributed by atoms with Crippen LogP contribution in [0.15, 0.2) is 18.2 Å². The normalized spacial score (nSPS) is 26.0. The van der Waals surface area contributed by atoms with Crippen molar-refractivity contribution in [1.82, 2.24) is 5.32 Å². The van der Waals surface area contributed by atoms with Crippen molar-refractivity contribution in [1.29, 1.82) is 0 Å². The molecule has 1 aromatic rings. The largest absolute Gasteiger partial charge is 0.378 e. The molecule has 1 spiro atoms. The van der Waals surface area contributed by atoms with Gasteiger partial charge in [-0.3, -0.25) is 14.9 Å². The van der Waals surface area contributed by atoms with E-state index in [1.807, 2.05) is 4.90 Å². The number of amides is 1. The number of hydrogen-bond acceptors (Lipinski definition) is 6. The summed E-state index contributed by atoms with van der Waals surface area (Å²) in [7, 11) is 0. The molecule has 134 valence electrons. The summed E-state index contributed by atoms with van der Waals surface area (Å²) in [5.41, 5.74) is 0.435. The number of nitrogens with one attached hydrogen (secondary N) is 1. The van der Waals surface area contributed by atoms with Crippen LogP contribution in [0.4, 0.5) is 11.4 Å². The Kier molecular flexibility index (Phi) is 4.09. The van der Waals surface area contributed by atoms with E-state index < -0.39 is 4.92 Å². The predicted molar refractivity (Wildman–Crippen MR) is 89.9 cm³/mol. The van der Waals surface area contributed by atoms with Gasteiger partial charge in [-0.05, 0) is 25.0 Å². The Morgan fingerprint density at radius 1 is 1.36 bits per heavy atom. The SMILES string of the molecule is O=C(NC1CC1)c1ccc(N2CCOC3(CCOC3)C2)c([N+](=O)[O-])c1. The van der Waals surface area contributed by atoms with Gasteiger partial charge >= 0.3 is 0 Å². The van der Waals surface area contributed by atoms with Crippen LogP contribution in [0.25, 0.3) is 0 Å². The van der Waals surface area contributed by atoms with Gasteiger partial charge in [-0.2, -0.15) is 0 Å². The first-order valence-electron chi connectivity index (χ1n) is 8.62. The van der Waals surface area contributed by atoms with E-state index in [4.69, 9.17) is 9.47 Å². The minimum atomic E-state index is -0.420. The molecule has 25 heavy (non-hydrogen) atoms. The van der Waals surface area contributed by atoms with Gasteiger partial charge < -0.3 is 19.7 Å². The van der Waals surface area contributed by atoms with Crippen LogP contribution in [0.1, 0.15) is 29.6 Å². The third-order valence-corrected chi connectivity index (χ3v) is 5.00. The number of anilines is 1. The molecular formula is C17H21N3O5. The number of ether oxygens (including phenoxy) is 2. The maximum Gasteiger partial charge on any atom is 0.293 e. The first-order chi connectivity index (χ1) is 12.1. The van der Waals surface area contributed by atoms with Crippen LogP contribution in [0.5, 0.6) is 0 Å². The van der Waals surface area contributed by atoms with E-state index in [0.717, 1.165) is 19.3 Å². The second-order valence-electron chi connectivity index (χ2n) is 6.96. The van der Waals surface area contributed by atoms with Crippen LogP contribution < -0.4 is 10.2 Å². The van der Waals surface area contributed by atoms with E-state index in [2.05, 4.69) is 5.32 Å². The van der Waals surface area contributed by atoms with E-state index in [1.165, 1.54) is 6.07 Å². The van der Waals surface area contributed by atoms with Crippen molar-refractivity contribution in [2.75, 3.05) is 37.8 Å². The van der Waals surface area contributed by atoms with Crippen molar-refractivity contribution in [2.45, 2.75) is 30.9 Å². The topological polar surface area (TPSA) is 93.9 Å². The average molecular weight is 347 g/mol. The van der Waals surface area contributed by atoms with E-state index in [1.54, 1.807) is 12.1 Å². The van der Waals surface area contributed by atoms with Crippen molar-refractivity contribution in [3.8, 4) is 0 Å². The van der Waals surface area contributed by atoms with Crippen LogP contribution in [-0.2, 0) is 9.47 Å². The molecule has 1 amide bonds. The molecule has 8 nitrogen and oxygen atoms in total. The van der Waals surface area contributed by atoms with Crippen molar-refractivity contribution in [3.05, 3.63) is 33.9 Å². The van der Waals surface area contributed by atoms with Gasteiger partial charge in [-0.15, -0.1) is 0 Å². The molecule has 3 fully saturated rings. The van der Waals surface area contributed by atoms with Crippen LogP contribution >= 0.6 is 0 Å². The number of carbonyl (C=O) groups is 1. The lowest BCUT2D eigenvalue weighted by atomic mass is 10.00. The summed E-state index contributed by atoms with van der Waals surface area (Å²) in [6, 6.07) is 4.93. The molecule has 1 aliphatic carbocycles. The Morgan fingerprint density at radius 3 is 2.88 bits per heavy atom. The summed E-state index contributed by atoms with van der Waals surface area (Å²) in [5.74, 6) is -0.250. The molecule has 0 aromatic heterocycles. The van der Waals surface area contributed by atoms with Crippen LogP contribution in [0.3, 0.4) is 0 Å². The van der Waals surface area contributed by atoms with Gasteiger partial charge in [0.25, 0.3) is 11.6 Å². The smallest absolute Gasteiger partial charge is 0.293 e. The highest BCUT2D eigenvalue weighted by Gasteiger charge is 2.41. The molecule has 1 atom stereocenters. The second-order valence-corrected chi connectivity index (χ2v) is 6.96. The van der Waals surface area contributed by atoms with Gasteiger partial charge in [0.2, 0.25) is 0 Å². The summed E-state index contributed by atoms with van der Waals surface area (Å²) in [6.07, 6.45) is 2.74. The number of carbonyl (C=O) groups excluding carboxylic acids is 1. The number of morpholine rings is 1. The van der Waals surface area contributed by atoms with E-state index >= 15 is 0 Å². The zero-order chi connectivity index (χ0) is 17.4. The number of benzene rings is 1. The molecule has 4 rings (SSSR count). The molecule has 0 radical (unpaired) electrons. The number of nitrogens with zero attached hydrogens (tertiary/aromatic N) is 2. The summed E-state index contributed by atoms with van der Waals surface area (Å²) in [5, 5.41) is 14.4. The van der Waals surface area contributed by atoms with Crippen molar-refractivity contribution in [3.63, 3.8) is 0 Å². The van der Waals surface area contributed by atoms with Gasteiger partial charge in [0.1, 0.15) is 11.3 Å². The number of nitro groups is 1. The Hall–Kier alpha value is -2.19. The maximum atomic E-state index is 12.2. The first kappa shape index (κ1) is 16.3. The van der Waals surface area contributed by atoms with Crippen molar-refractivity contribution < 1.29 is 19.2 Å². The lowest BCUT2D eigenvalue weighted by molar-refractivity contribution is -0.384. The zero-order valence-electron chi connectivity index (χ0n) is 13.9. The highest BCUT2D eigenvalue weighted by Crippen LogP contribution is 2.35. The molecule has 2 aliphatic heterocycles. The zero-order valence-corrected chi connectivity index (χ0v) is 13.9. The summed E-state index contributed by atoms with van der Waals surface area (Å²) < 4.78 is 11.3. The number of nitro benzene ring substituents is 1. The number of rotatable bonds is 4. The monoisotopic (exact) mass is 347 g/mol. The molecule has 1 N–H and O–H groups in total. The Labute approximate surface area is 145 Å². The van der Waals surface area contributed by atoms with Gasteiger partial charge in [0.15, 0.2) is 0 Å². The van der Waals surface area contributed by atoms with Gasteiger partial charge in [-0.25, -0.2) is 0 Å². The fourth-order valence-electron chi connectivity index (χ4n) is 3.45. The third-order valence-electron chi connectivity index (χ3n) is 5.00. The lowest BCUT2D eigenvalue weighted by Crippen LogP contribution is -2.52. The maximum absolute atomic E-state index is 12.2. The molecular weight excluding hydrogens is 326 g/mol. The highest BCUT2D eigenvalue weighted by molar-refractivity contribution is 5.96.